The van der Waals surface area contributed by atoms with E-state index in [-0.39, 0.29) is 17.4 Å². The highest BCUT2D eigenvalue weighted by atomic mass is 16.5. The number of piperazine rings is 1. The van der Waals surface area contributed by atoms with E-state index in [4.69, 9.17) is 0 Å². The molecule has 112 valence electrons. The molecule has 0 spiro atoms. The first-order valence-electron chi connectivity index (χ1n) is 6.81. The lowest BCUT2D eigenvalue weighted by Crippen LogP contribution is -2.53. The molecule has 1 atom stereocenters. The zero-order valence-corrected chi connectivity index (χ0v) is 13.0. The number of ether oxygens (including phenoxy) is 1. The minimum Gasteiger partial charge on any atom is -0.462 e. The molecule has 1 N–H and O–H groups in total. The van der Waals surface area contributed by atoms with E-state index < -0.39 is 0 Å². The van der Waals surface area contributed by atoms with Gasteiger partial charge in [-0.2, -0.15) is 0 Å². The first-order valence-corrected chi connectivity index (χ1v) is 6.81. The highest BCUT2D eigenvalue weighted by Gasteiger charge is 2.24. The smallest absolute Gasteiger partial charge is 0.293 e. The molecule has 1 aliphatic heterocycles. The Morgan fingerprint density at radius 2 is 2.00 bits per heavy atom. The summed E-state index contributed by atoms with van der Waals surface area (Å²) in [5, 5.41) is 3.26. The number of hydrogen-bond acceptors (Lipinski definition) is 4. The second-order valence-electron chi connectivity index (χ2n) is 6.07. The zero-order valence-electron chi connectivity index (χ0n) is 13.0. The fraction of sp³-hybridized carbons (Fsp3) is 0.857. The van der Waals surface area contributed by atoms with E-state index in [1.165, 1.54) is 0 Å². The normalized spacial score (nSPS) is 19.5. The second kappa shape index (κ2) is 8.15. The third kappa shape index (κ3) is 7.82. The van der Waals surface area contributed by atoms with E-state index in [2.05, 4.69) is 17.0 Å². The molecule has 0 saturated carbocycles. The summed E-state index contributed by atoms with van der Waals surface area (Å²) in [7, 11) is 0. The van der Waals surface area contributed by atoms with Gasteiger partial charge in [-0.15, -0.1) is 0 Å². The van der Waals surface area contributed by atoms with E-state index in [9.17, 15) is 9.59 Å². The first kappa shape index (κ1) is 17.9. The number of nitrogens with one attached hydrogen (secondary N) is 1. The second-order valence-corrected chi connectivity index (χ2v) is 6.07. The van der Waals surface area contributed by atoms with Crippen LogP contribution in [0.25, 0.3) is 0 Å². The average molecular weight is 272 g/mol. The summed E-state index contributed by atoms with van der Waals surface area (Å²) in [5.74, 6) is 0.412. The van der Waals surface area contributed by atoms with E-state index >= 15 is 0 Å². The van der Waals surface area contributed by atoms with Crippen LogP contribution in [0.4, 0.5) is 0 Å². The number of nitrogens with zero attached hydrogens (tertiary/aromatic N) is 1. The number of carbonyl (C=O) groups is 2. The van der Waals surface area contributed by atoms with Crippen molar-refractivity contribution in [1.82, 2.24) is 10.2 Å². The van der Waals surface area contributed by atoms with E-state index in [0.717, 1.165) is 19.6 Å². The third-order valence-corrected chi connectivity index (χ3v) is 2.68. The Morgan fingerprint density at radius 3 is 2.32 bits per heavy atom. The molecule has 0 radical (unpaired) electrons. The molecule has 1 heterocycles. The maximum Gasteiger partial charge on any atom is 0.293 e. The Morgan fingerprint density at radius 1 is 1.42 bits per heavy atom. The zero-order chi connectivity index (χ0) is 15.1. The van der Waals surface area contributed by atoms with Crippen LogP contribution in [0.15, 0.2) is 0 Å². The van der Waals surface area contributed by atoms with Crippen molar-refractivity contribution in [3.8, 4) is 0 Å². The van der Waals surface area contributed by atoms with Crippen molar-refractivity contribution in [1.29, 1.82) is 0 Å². The van der Waals surface area contributed by atoms with Crippen molar-refractivity contribution in [2.24, 2.45) is 5.92 Å². The highest BCUT2D eigenvalue weighted by Crippen LogP contribution is 2.07. The summed E-state index contributed by atoms with van der Waals surface area (Å²) in [6.45, 7) is 14.6. The lowest BCUT2D eigenvalue weighted by molar-refractivity contribution is -0.139. The molecular weight excluding hydrogens is 244 g/mol. The molecule has 0 aliphatic carbocycles. The van der Waals surface area contributed by atoms with Crippen LogP contribution in [0.5, 0.6) is 0 Å². The summed E-state index contributed by atoms with van der Waals surface area (Å²) in [4.78, 5) is 23.2. The molecule has 1 saturated heterocycles. The van der Waals surface area contributed by atoms with Crippen LogP contribution in [0.1, 0.15) is 41.5 Å². The van der Waals surface area contributed by atoms with Gasteiger partial charge in [0.05, 0.1) is 0 Å². The molecule has 0 aromatic rings. The van der Waals surface area contributed by atoms with Crippen molar-refractivity contribution in [3.05, 3.63) is 0 Å². The minimum atomic E-state index is -0.318. The quantitative estimate of drug-likeness (QED) is 0.772. The van der Waals surface area contributed by atoms with Crippen molar-refractivity contribution in [2.45, 2.75) is 53.2 Å². The lowest BCUT2D eigenvalue weighted by atomic mass is 10.1. The van der Waals surface area contributed by atoms with Crippen molar-refractivity contribution in [3.63, 3.8) is 0 Å². The van der Waals surface area contributed by atoms with Gasteiger partial charge in [-0.1, -0.05) is 13.8 Å². The van der Waals surface area contributed by atoms with Crippen LogP contribution >= 0.6 is 0 Å². The molecule has 5 nitrogen and oxygen atoms in total. The molecule has 19 heavy (non-hydrogen) atoms. The maximum atomic E-state index is 11.6. The van der Waals surface area contributed by atoms with Gasteiger partial charge in [-0.25, -0.2) is 0 Å². The van der Waals surface area contributed by atoms with Crippen molar-refractivity contribution >= 4 is 12.4 Å². The summed E-state index contributed by atoms with van der Waals surface area (Å²) in [6, 6.07) is 0.355. The van der Waals surface area contributed by atoms with Crippen LogP contribution < -0.4 is 5.32 Å². The number of amides is 1. The average Bonchev–Trinajstić information content (AvgIpc) is 2.28. The predicted octanol–water partition coefficient (Wildman–Crippen LogP) is 1.42. The number of hydrogen-bond donors (Lipinski definition) is 1. The largest absolute Gasteiger partial charge is 0.462 e. The Balaban J connectivity index is 0.000000399. The van der Waals surface area contributed by atoms with Gasteiger partial charge < -0.3 is 15.0 Å². The standard InChI is InChI=1S/C9H18N2O.C5H10O2/c1-7(2)9(12)11-5-4-10-6-8(11)3;1-5(2,3)7-4-6/h7-8,10H,4-6H2,1-3H3;4H,1-3H3/t8-;/m1./s1. The van der Waals surface area contributed by atoms with Crippen LogP contribution in [0, 0.1) is 5.92 Å². The van der Waals surface area contributed by atoms with Gasteiger partial charge in [0.15, 0.2) is 0 Å². The minimum absolute atomic E-state index is 0.130. The summed E-state index contributed by atoms with van der Waals surface area (Å²) < 4.78 is 4.55. The fourth-order valence-corrected chi connectivity index (χ4v) is 1.64. The van der Waals surface area contributed by atoms with Gasteiger partial charge in [0.2, 0.25) is 5.91 Å². The van der Waals surface area contributed by atoms with Crippen LogP contribution in [-0.4, -0.2) is 48.6 Å². The van der Waals surface area contributed by atoms with E-state index in [1.54, 1.807) is 0 Å². The number of carbonyl (C=O) groups excluding carboxylic acids is 2. The summed E-state index contributed by atoms with van der Waals surface area (Å²) in [6.07, 6.45) is 0. The molecule has 1 rings (SSSR count). The van der Waals surface area contributed by atoms with Gasteiger partial charge in [0.1, 0.15) is 5.60 Å². The van der Waals surface area contributed by atoms with Crippen molar-refractivity contribution in [2.75, 3.05) is 19.6 Å². The number of rotatable bonds is 2. The van der Waals surface area contributed by atoms with Crippen LogP contribution in [0.3, 0.4) is 0 Å². The molecule has 0 bridgehead atoms. The molecule has 0 unspecified atom stereocenters. The molecular formula is C14H28N2O3. The topological polar surface area (TPSA) is 58.6 Å². The Kier molecular flexibility index (Phi) is 7.68. The fourth-order valence-electron chi connectivity index (χ4n) is 1.64. The predicted molar refractivity (Wildman–Crippen MR) is 75.8 cm³/mol. The van der Waals surface area contributed by atoms with Crippen LogP contribution in [-0.2, 0) is 14.3 Å². The van der Waals surface area contributed by atoms with Gasteiger partial charge >= 0.3 is 0 Å². The lowest BCUT2D eigenvalue weighted by Gasteiger charge is -2.35. The Bertz CT molecular complexity index is 285. The Labute approximate surface area is 116 Å². The van der Waals surface area contributed by atoms with E-state index in [0.29, 0.717) is 12.5 Å². The monoisotopic (exact) mass is 272 g/mol. The maximum absolute atomic E-state index is 11.6. The molecule has 1 amide bonds. The van der Waals surface area contributed by atoms with Gasteiger partial charge in [0, 0.05) is 31.6 Å². The highest BCUT2D eigenvalue weighted by molar-refractivity contribution is 5.78. The molecule has 1 aliphatic rings. The van der Waals surface area contributed by atoms with Gasteiger partial charge in [-0.05, 0) is 27.7 Å². The Hall–Kier alpha value is -1.10. The summed E-state index contributed by atoms with van der Waals surface area (Å²) in [5.41, 5.74) is -0.318. The first-order chi connectivity index (χ1) is 8.69. The van der Waals surface area contributed by atoms with Crippen LogP contribution in [0.2, 0.25) is 0 Å². The SMILES string of the molecule is CC(C)(C)OC=O.CC(C)C(=O)N1CCNC[C@H]1C. The van der Waals surface area contributed by atoms with Gasteiger partial charge in [-0.3, -0.25) is 9.59 Å². The molecule has 0 aromatic carbocycles. The van der Waals surface area contributed by atoms with E-state index in [1.807, 2.05) is 39.5 Å². The molecule has 5 heteroatoms. The molecule has 1 fully saturated rings. The van der Waals surface area contributed by atoms with Gasteiger partial charge in [0.25, 0.3) is 6.47 Å². The molecule has 0 aromatic heterocycles. The third-order valence-electron chi connectivity index (χ3n) is 2.68. The summed E-state index contributed by atoms with van der Waals surface area (Å²) >= 11 is 0. The van der Waals surface area contributed by atoms with Crippen molar-refractivity contribution < 1.29 is 14.3 Å².